The Hall–Kier alpha value is -2.95. The van der Waals surface area contributed by atoms with Crippen molar-refractivity contribution in [3.63, 3.8) is 0 Å². The van der Waals surface area contributed by atoms with Crippen molar-refractivity contribution in [3.8, 4) is 11.5 Å². The fourth-order valence-corrected chi connectivity index (χ4v) is 3.78. The minimum atomic E-state index is -1.15. The molecule has 5 nitrogen and oxygen atoms in total. The van der Waals surface area contributed by atoms with Crippen LogP contribution in [0.2, 0.25) is 0 Å². The lowest BCUT2D eigenvalue weighted by Crippen LogP contribution is -2.36. The Labute approximate surface area is 145 Å². The molecule has 1 aliphatic rings. The summed E-state index contributed by atoms with van der Waals surface area (Å²) in [7, 11) is 1.94. The number of aryl methyl sites for hydroxylation is 1. The van der Waals surface area contributed by atoms with Crippen LogP contribution >= 0.6 is 0 Å². The molecular formula is C20H19NO4. The highest BCUT2D eigenvalue weighted by molar-refractivity contribution is 5.95. The van der Waals surface area contributed by atoms with E-state index in [-0.39, 0.29) is 6.79 Å². The summed E-state index contributed by atoms with van der Waals surface area (Å²) >= 11 is 0. The van der Waals surface area contributed by atoms with Crippen LogP contribution in [-0.2, 0) is 17.3 Å². The molecule has 0 spiro atoms. The molecule has 3 aromatic rings. The van der Waals surface area contributed by atoms with Crippen LogP contribution in [0.15, 0.2) is 48.7 Å². The van der Waals surface area contributed by atoms with Gasteiger partial charge in [0, 0.05) is 24.1 Å². The summed E-state index contributed by atoms with van der Waals surface area (Å²) in [6, 6.07) is 13.3. The number of carbonyl (C=O) groups is 1. The van der Waals surface area contributed by atoms with Crippen molar-refractivity contribution in [3.05, 3.63) is 59.8 Å². The minimum Gasteiger partial charge on any atom is -0.480 e. The molecule has 2 heterocycles. The predicted octanol–water partition coefficient (Wildman–Crippen LogP) is 3.69. The maximum Gasteiger partial charge on any atom is 0.318 e. The highest BCUT2D eigenvalue weighted by Crippen LogP contribution is 2.44. The van der Waals surface area contributed by atoms with Gasteiger partial charge in [-0.25, -0.2) is 0 Å². The third kappa shape index (κ3) is 2.12. The van der Waals surface area contributed by atoms with Gasteiger partial charge < -0.3 is 19.1 Å². The molecular weight excluding hydrogens is 318 g/mol. The standard InChI is InChI=1S/C20H19NO4/c1-3-20(19(22)23,13-8-9-17-18(10-13)25-12-24-17)15-11-21(2)16-7-5-4-6-14(15)16/h4-11H,3,12H2,1-2H3,(H,22,23). The largest absolute Gasteiger partial charge is 0.480 e. The summed E-state index contributed by atoms with van der Waals surface area (Å²) < 4.78 is 12.8. The highest BCUT2D eigenvalue weighted by atomic mass is 16.7. The highest BCUT2D eigenvalue weighted by Gasteiger charge is 2.43. The number of hydrogen-bond acceptors (Lipinski definition) is 3. The number of para-hydroxylation sites is 1. The summed E-state index contributed by atoms with van der Waals surface area (Å²) in [5.74, 6) is 0.374. The fraction of sp³-hybridized carbons (Fsp3) is 0.250. The van der Waals surface area contributed by atoms with Gasteiger partial charge in [0.05, 0.1) is 0 Å². The van der Waals surface area contributed by atoms with E-state index in [1.165, 1.54) is 0 Å². The monoisotopic (exact) mass is 337 g/mol. The number of rotatable bonds is 4. The molecule has 0 saturated heterocycles. The zero-order chi connectivity index (χ0) is 17.6. The summed E-state index contributed by atoms with van der Waals surface area (Å²) in [4.78, 5) is 12.5. The van der Waals surface area contributed by atoms with Gasteiger partial charge in [-0.3, -0.25) is 4.79 Å². The Kier molecular flexibility index (Phi) is 3.46. The van der Waals surface area contributed by atoms with Crippen molar-refractivity contribution in [1.82, 2.24) is 4.57 Å². The quantitative estimate of drug-likeness (QED) is 0.789. The molecule has 2 aromatic carbocycles. The molecule has 1 unspecified atom stereocenters. The Bertz CT molecular complexity index is 975. The molecule has 0 bridgehead atoms. The van der Waals surface area contributed by atoms with Crippen LogP contribution in [0.25, 0.3) is 10.9 Å². The zero-order valence-electron chi connectivity index (χ0n) is 14.2. The van der Waals surface area contributed by atoms with Crippen LogP contribution in [0, 0.1) is 0 Å². The van der Waals surface area contributed by atoms with Crippen molar-refractivity contribution < 1.29 is 19.4 Å². The Morgan fingerprint density at radius 1 is 1.20 bits per heavy atom. The number of benzene rings is 2. The average molecular weight is 337 g/mol. The summed E-state index contributed by atoms with van der Waals surface area (Å²) in [5, 5.41) is 11.2. The first-order valence-electron chi connectivity index (χ1n) is 8.26. The van der Waals surface area contributed by atoms with E-state index in [2.05, 4.69) is 0 Å². The predicted molar refractivity (Wildman–Crippen MR) is 94.2 cm³/mol. The molecule has 5 heteroatoms. The zero-order valence-corrected chi connectivity index (χ0v) is 14.2. The van der Waals surface area contributed by atoms with Gasteiger partial charge in [0.25, 0.3) is 0 Å². The van der Waals surface area contributed by atoms with E-state index < -0.39 is 11.4 Å². The van der Waals surface area contributed by atoms with E-state index in [4.69, 9.17) is 9.47 Å². The number of nitrogens with zero attached hydrogens (tertiary/aromatic N) is 1. The van der Waals surface area contributed by atoms with E-state index in [1.54, 1.807) is 12.1 Å². The molecule has 128 valence electrons. The smallest absolute Gasteiger partial charge is 0.318 e. The lowest BCUT2D eigenvalue weighted by Gasteiger charge is -2.29. The number of fused-ring (bicyclic) bond motifs is 2. The van der Waals surface area contributed by atoms with Crippen molar-refractivity contribution in [2.24, 2.45) is 7.05 Å². The molecule has 25 heavy (non-hydrogen) atoms. The number of carboxylic acid groups (broad SMARTS) is 1. The Morgan fingerprint density at radius 3 is 2.72 bits per heavy atom. The molecule has 0 fully saturated rings. The first-order chi connectivity index (χ1) is 12.1. The van der Waals surface area contributed by atoms with Gasteiger partial charge in [0.2, 0.25) is 6.79 Å². The van der Waals surface area contributed by atoms with Crippen LogP contribution in [-0.4, -0.2) is 22.4 Å². The lowest BCUT2D eigenvalue weighted by atomic mass is 9.72. The Balaban J connectivity index is 2.01. The topological polar surface area (TPSA) is 60.7 Å². The molecule has 0 amide bonds. The number of hydrogen-bond donors (Lipinski definition) is 1. The SMILES string of the molecule is CCC(C(=O)O)(c1ccc2c(c1)OCO2)c1cn(C)c2ccccc12. The van der Waals surface area contributed by atoms with Crippen LogP contribution in [0.5, 0.6) is 11.5 Å². The summed E-state index contributed by atoms with van der Waals surface area (Å²) in [5.41, 5.74) is 1.35. The minimum absolute atomic E-state index is 0.166. The molecule has 1 aliphatic heterocycles. The van der Waals surface area contributed by atoms with E-state index in [1.807, 2.05) is 55.1 Å². The fourth-order valence-electron chi connectivity index (χ4n) is 3.78. The van der Waals surface area contributed by atoms with E-state index in [9.17, 15) is 9.90 Å². The van der Waals surface area contributed by atoms with Crippen molar-refractivity contribution in [2.75, 3.05) is 6.79 Å². The van der Waals surface area contributed by atoms with Crippen LogP contribution < -0.4 is 9.47 Å². The molecule has 1 N–H and O–H groups in total. The van der Waals surface area contributed by atoms with Gasteiger partial charge in [-0.05, 0) is 35.7 Å². The van der Waals surface area contributed by atoms with E-state index in [0.29, 0.717) is 23.5 Å². The van der Waals surface area contributed by atoms with Gasteiger partial charge in [-0.15, -0.1) is 0 Å². The van der Waals surface area contributed by atoms with Crippen LogP contribution in [0.4, 0.5) is 0 Å². The molecule has 1 atom stereocenters. The molecule has 0 saturated carbocycles. The number of aliphatic carboxylic acids is 1. The lowest BCUT2D eigenvalue weighted by molar-refractivity contribution is -0.142. The number of carboxylic acids is 1. The van der Waals surface area contributed by atoms with Gasteiger partial charge in [0.15, 0.2) is 11.5 Å². The van der Waals surface area contributed by atoms with E-state index in [0.717, 1.165) is 16.5 Å². The first-order valence-corrected chi connectivity index (χ1v) is 8.26. The third-order valence-corrected chi connectivity index (χ3v) is 5.12. The van der Waals surface area contributed by atoms with Crippen molar-refractivity contribution in [2.45, 2.75) is 18.8 Å². The van der Waals surface area contributed by atoms with Gasteiger partial charge in [-0.1, -0.05) is 31.2 Å². The number of aromatic nitrogens is 1. The number of ether oxygens (including phenoxy) is 2. The van der Waals surface area contributed by atoms with Crippen molar-refractivity contribution in [1.29, 1.82) is 0 Å². The third-order valence-electron chi connectivity index (χ3n) is 5.12. The maximum absolute atomic E-state index is 12.5. The second kappa shape index (κ2) is 5.55. The maximum atomic E-state index is 12.5. The normalized spacial score (nSPS) is 15.3. The van der Waals surface area contributed by atoms with Gasteiger partial charge >= 0.3 is 5.97 Å². The molecule has 4 rings (SSSR count). The second-order valence-corrected chi connectivity index (χ2v) is 6.30. The first kappa shape index (κ1) is 15.6. The molecule has 0 aliphatic carbocycles. The Morgan fingerprint density at radius 2 is 1.96 bits per heavy atom. The summed E-state index contributed by atoms with van der Waals surface area (Å²) in [6.07, 6.45) is 2.35. The second-order valence-electron chi connectivity index (χ2n) is 6.30. The molecule has 1 aromatic heterocycles. The van der Waals surface area contributed by atoms with Crippen LogP contribution in [0.1, 0.15) is 24.5 Å². The van der Waals surface area contributed by atoms with E-state index >= 15 is 0 Å². The van der Waals surface area contributed by atoms with Gasteiger partial charge in [-0.2, -0.15) is 0 Å². The van der Waals surface area contributed by atoms with Crippen molar-refractivity contribution >= 4 is 16.9 Å². The summed E-state index contributed by atoms with van der Waals surface area (Å²) in [6.45, 7) is 2.07. The van der Waals surface area contributed by atoms with Gasteiger partial charge in [0.1, 0.15) is 5.41 Å². The molecule has 0 radical (unpaired) electrons. The average Bonchev–Trinajstić information content (AvgIpc) is 3.21. The van der Waals surface area contributed by atoms with Crippen LogP contribution in [0.3, 0.4) is 0 Å².